The van der Waals surface area contributed by atoms with Crippen molar-refractivity contribution in [2.24, 2.45) is 0 Å². The Hall–Kier alpha value is -2.11. The standard InChI is InChI=1S/C14H12BrNO7S2/c1-25(21,22)16-8-5-3-2-4-7(8)12-10(15)11(23-6-9(17)18)13(24-12)14(19)20/h2-5,16H,6H2,1H3,(H,17,18)(H,19,20). The number of hydrogen-bond donors (Lipinski definition) is 3. The first-order valence-electron chi connectivity index (χ1n) is 6.57. The zero-order chi connectivity index (χ0) is 18.8. The second-order valence-corrected chi connectivity index (χ2v) is 8.37. The van der Waals surface area contributed by atoms with E-state index in [4.69, 9.17) is 9.84 Å². The van der Waals surface area contributed by atoms with Crippen LogP contribution in [0, 0.1) is 0 Å². The van der Waals surface area contributed by atoms with Gasteiger partial charge in [-0.1, -0.05) is 18.2 Å². The van der Waals surface area contributed by atoms with Crippen molar-refractivity contribution in [3.05, 3.63) is 33.6 Å². The number of aliphatic carboxylic acids is 1. The predicted molar refractivity (Wildman–Crippen MR) is 96.0 cm³/mol. The quantitative estimate of drug-likeness (QED) is 0.591. The van der Waals surface area contributed by atoms with Crippen molar-refractivity contribution in [3.63, 3.8) is 0 Å². The fourth-order valence-electron chi connectivity index (χ4n) is 1.94. The first-order valence-corrected chi connectivity index (χ1v) is 10.1. The largest absolute Gasteiger partial charge is 0.479 e. The molecule has 1 aromatic heterocycles. The van der Waals surface area contributed by atoms with Gasteiger partial charge < -0.3 is 14.9 Å². The van der Waals surface area contributed by atoms with Crippen molar-refractivity contribution in [2.45, 2.75) is 0 Å². The van der Waals surface area contributed by atoms with E-state index in [1.807, 2.05) is 0 Å². The highest BCUT2D eigenvalue weighted by Crippen LogP contribution is 2.47. The molecule has 0 saturated heterocycles. The van der Waals surface area contributed by atoms with E-state index in [0.29, 0.717) is 10.4 Å². The van der Waals surface area contributed by atoms with Crippen LogP contribution in [0.2, 0.25) is 0 Å². The normalized spacial score (nSPS) is 11.1. The molecule has 1 heterocycles. The van der Waals surface area contributed by atoms with Gasteiger partial charge in [-0.05, 0) is 22.0 Å². The minimum Gasteiger partial charge on any atom is -0.479 e. The summed E-state index contributed by atoms with van der Waals surface area (Å²) >= 11 is 4.06. The number of carboxylic acid groups (broad SMARTS) is 2. The molecule has 0 radical (unpaired) electrons. The molecule has 0 aliphatic rings. The number of nitrogens with one attached hydrogen (secondary N) is 1. The lowest BCUT2D eigenvalue weighted by Gasteiger charge is -2.10. The fraction of sp³-hybridized carbons (Fsp3) is 0.143. The molecule has 25 heavy (non-hydrogen) atoms. The lowest BCUT2D eigenvalue weighted by Crippen LogP contribution is -2.11. The molecule has 1 aromatic carbocycles. The number of carboxylic acids is 2. The molecule has 2 aromatic rings. The highest BCUT2D eigenvalue weighted by atomic mass is 79.9. The van der Waals surface area contributed by atoms with E-state index in [2.05, 4.69) is 20.7 Å². The first kappa shape index (κ1) is 19.2. The van der Waals surface area contributed by atoms with E-state index in [9.17, 15) is 23.1 Å². The Morgan fingerprint density at radius 2 is 1.92 bits per heavy atom. The Labute approximate surface area is 155 Å². The highest BCUT2D eigenvalue weighted by Gasteiger charge is 2.25. The van der Waals surface area contributed by atoms with Crippen LogP contribution in [0.3, 0.4) is 0 Å². The predicted octanol–water partition coefficient (Wildman–Crippen LogP) is 2.71. The number of sulfonamides is 1. The van der Waals surface area contributed by atoms with E-state index >= 15 is 0 Å². The zero-order valence-corrected chi connectivity index (χ0v) is 15.9. The summed E-state index contributed by atoms with van der Waals surface area (Å²) in [6.45, 7) is -0.710. The van der Waals surface area contributed by atoms with Crippen LogP contribution in [-0.2, 0) is 14.8 Å². The minimum absolute atomic E-state index is 0.121. The van der Waals surface area contributed by atoms with Crippen LogP contribution in [0.5, 0.6) is 5.75 Å². The molecule has 11 heteroatoms. The number of halogens is 1. The van der Waals surface area contributed by atoms with Crippen LogP contribution in [-0.4, -0.2) is 43.4 Å². The van der Waals surface area contributed by atoms with Crippen LogP contribution in [0.1, 0.15) is 9.67 Å². The van der Waals surface area contributed by atoms with Crippen LogP contribution in [0.4, 0.5) is 5.69 Å². The van der Waals surface area contributed by atoms with Crippen molar-refractivity contribution < 1.29 is 33.0 Å². The van der Waals surface area contributed by atoms with Gasteiger partial charge in [-0.25, -0.2) is 18.0 Å². The number of anilines is 1. The third-order valence-corrected chi connectivity index (χ3v) is 5.61. The molecule has 2 rings (SSSR count). The van der Waals surface area contributed by atoms with Crippen molar-refractivity contribution in [3.8, 4) is 16.2 Å². The second kappa shape index (κ2) is 7.42. The molecule has 0 aliphatic heterocycles. The van der Waals surface area contributed by atoms with E-state index in [1.54, 1.807) is 18.2 Å². The van der Waals surface area contributed by atoms with Gasteiger partial charge in [0.2, 0.25) is 10.0 Å². The van der Waals surface area contributed by atoms with Gasteiger partial charge in [0.15, 0.2) is 17.2 Å². The molecule has 0 fully saturated rings. The van der Waals surface area contributed by atoms with Crippen LogP contribution >= 0.6 is 27.3 Å². The Bertz CT molecular complexity index is 937. The summed E-state index contributed by atoms with van der Waals surface area (Å²) in [5.41, 5.74) is 0.686. The number of benzene rings is 1. The molecule has 8 nitrogen and oxygen atoms in total. The van der Waals surface area contributed by atoms with E-state index in [-0.39, 0.29) is 20.8 Å². The van der Waals surface area contributed by atoms with Gasteiger partial charge in [-0.3, -0.25) is 4.72 Å². The van der Waals surface area contributed by atoms with Crippen LogP contribution < -0.4 is 9.46 Å². The number of aromatic carboxylic acids is 1. The van der Waals surface area contributed by atoms with Gasteiger partial charge in [0, 0.05) is 5.56 Å². The van der Waals surface area contributed by atoms with Crippen molar-refractivity contribution in [1.29, 1.82) is 0 Å². The van der Waals surface area contributed by atoms with Crippen molar-refractivity contribution in [1.82, 2.24) is 0 Å². The maximum Gasteiger partial charge on any atom is 0.349 e. The average Bonchev–Trinajstić information content (AvgIpc) is 2.81. The Balaban J connectivity index is 2.59. The third-order valence-electron chi connectivity index (χ3n) is 2.81. The first-order chi connectivity index (χ1) is 11.6. The van der Waals surface area contributed by atoms with Gasteiger partial charge in [0.25, 0.3) is 0 Å². The second-order valence-electron chi connectivity index (χ2n) is 4.81. The monoisotopic (exact) mass is 449 g/mol. The smallest absolute Gasteiger partial charge is 0.349 e. The van der Waals surface area contributed by atoms with Gasteiger partial charge in [0.05, 0.1) is 21.3 Å². The summed E-state index contributed by atoms with van der Waals surface area (Å²) < 4.78 is 30.7. The van der Waals surface area contributed by atoms with Gasteiger partial charge >= 0.3 is 11.9 Å². The van der Waals surface area contributed by atoms with Gasteiger partial charge in [-0.2, -0.15) is 0 Å². The molecule has 0 amide bonds. The fourth-order valence-corrected chi connectivity index (χ4v) is 4.44. The number of carbonyl (C=O) groups is 2. The zero-order valence-electron chi connectivity index (χ0n) is 12.6. The highest BCUT2D eigenvalue weighted by molar-refractivity contribution is 9.10. The lowest BCUT2D eigenvalue weighted by molar-refractivity contribution is -0.139. The number of thiophene rings is 1. The Kier molecular flexibility index (Phi) is 5.70. The summed E-state index contributed by atoms with van der Waals surface area (Å²) in [6.07, 6.45) is 0.997. The van der Waals surface area contributed by atoms with Crippen molar-refractivity contribution in [2.75, 3.05) is 17.6 Å². The molecule has 3 N–H and O–H groups in total. The molecule has 0 aliphatic carbocycles. The molecule has 0 saturated carbocycles. The minimum atomic E-state index is -3.55. The van der Waals surface area contributed by atoms with Crippen LogP contribution in [0.15, 0.2) is 28.7 Å². The SMILES string of the molecule is CS(=O)(=O)Nc1ccccc1-c1sc(C(=O)O)c(OCC(=O)O)c1Br. The number of hydrogen-bond acceptors (Lipinski definition) is 6. The molecule has 134 valence electrons. The van der Waals surface area contributed by atoms with E-state index < -0.39 is 28.6 Å². The molecule has 0 unspecified atom stereocenters. The molecular formula is C14H12BrNO7S2. The maximum atomic E-state index is 11.5. The van der Waals surface area contributed by atoms with Gasteiger partial charge in [-0.15, -0.1) is 11.3 Å². The molecule has 0 spiro atoms. The Morgan fingerprint density at radius 3 is 2.48 bits per heavy atom. The summed E-state index contributed by atoms with van der Waals surface area (Å²) in [5, 5.41) is 18.1. The summed E-state index contributed by atoms with van der Waals surface area (Å²) in [4.78, 5) is 22.3. The number of ether oxygens (including phenoxy) is 1. The molecular weight excluding hydrogens is 438 g/mol. The van der Waals surface area contributed by atoms with Crippen LogP contribution in [0.25, 0.3) is 10.4 Å². The van der Waals surface area contributed by atoms with E-state index in [0.717, 1.165) is 17.6 Å². The number of para-hydroxylation sites is 1. The van der Waals surface area contributed by atoms with Gasteiger partial charge in [0.1, 0.15) is 0 Å². The third kappa shape index (κ3) is 4.71. The summed E-state index contributed by atoms with van der Waals surface area (Å²) in [5.74, 6) is -2.66. The summed E-state index contributed by atoms with van der Waals surface area (Å²) in [6, 6.07) is 6.42. The molecule has 0 atom stereocenters. The summed E-state index contributed by atoms with van der Waals surface area (Å²) in [7, 11) is -3.55. The van der Waals surface area contributed by atoms with E-state index in [1.165, 1.54) is 6.07 Å². The Morgan fingerprint density at radius 1 is 1.28 bits per heavy atom. The van der Waals surface area contributed by atoms with Crippen molar-refractivity contribution >= 4 is 54.9 Å². The lowest BCUT2D eigenvalue weighted by atomic mass is 10.1. The average molecular weight is 450 g/mol. The molecule has 0 bridgehead atoms. The maximum absolute atomic E-state index is 11.5. The topological polar surface area (TPSA) is 130 Å². The number of rotatable bonds is 7.